The zero-order valence-corrected chi connectivity index (χ0v) is 6.26. The summed E-state index contributed by atoms with van der Waals surface area (Å²) in [7, 11) is 2.95. The first kappa shape index (κ1) is 8.43. The quantitative estimate of drug-likeness (QED) is 0.522. The molecule has 0 saturated carbocycles. The van der Waals surface area contributed by atoms with Gasteiger partial charge in [-0.15, -0.1) is 0 Å². The Morgan fingerprint density at radius 2 is 2.00 bits per heavy atom. The van der Waals surface area contributed by atoms with Crippen LogP contribution < -0.4 is 0 Å². The zero-order valence-electron chi connectivity index (χ0n) is 6.26. The predicted molar refractivity (Wildman–Crippen MR) is 35.4 cm³/mol. The van der Waals surface area contributed by atoms with Crippen LogP contribution >= 0.6 is 0 Å². The second-order valence-electron chi connectivity index (χ2n) is 2.27. The first-order chi connectivity index (χ1) is 4.04. The summed E-state index contributed by atoms with van der Waals surface area (Å²) in [6.45, 7) is 3.41. The van der Waals surface area contributed by atoms with Gasteiger partial charge in [0.1, 0.15) is 0 Å². The third-order valence-electron chi connectivity index (χ3n) is 1.24. The molecule has 9 heavy (non-hydrogen) atoms. The summed E-state index contributed by atoms with van der Waals surface area (Å²) in [5.74, 6) is -0.301. The van der Waals surface area contributed by atoms with Gasteiger partial charge in [0, 0.05) is 0 Å². The van der Waals surface area contributed by atoms with E-state index in [9.17, 15) is 4.79 Å². The molecule has 0 radical (unpaired) electrons. The van der Waals surface area contributed by atoms with Crippen LogP contribution in [0.1, 0.15) is 13.8 Å². The minimum absolute atomic E-state index is 0.301. The number of methoxy groups -OCH3 is 1. The van der Waals surface area contributed by atoms with Crippen molar-refractivity contribution in [2.45, 2.75) is 19.4 Å². The van der Waals surface area contributed by atoms with Crippen molar-refractivity contribution in [1.82, 2.24) is 0 Å². The molecule has 0 unspecified atom stereocenters. The number of nitrogens with zero attached hydrogens (tertiary/aromatic N) is 1. The Hall–Kier alpha value is -0.570. The molecule has 0 atom stereocenters. The van der Waals surface area contributed by atoms with Gasteiger partial charge in [0.25, 0.3) is 5.97 Å². The van der Waals surface area contributed by atoms with Crippen molar-refractivity contribution in [2.75, 3.05) is 14.2 Å². The second kappa shape index (κ2) is 2.82. The molecule has 0 amide bonds. The fourth-order valence-corrected chi connectivity index (χ4v) is 0.341. The van der Waals surface area contributed by atoms with E-state index in [0.717, 1.165) is 0 Å². The number of carbonyl (C=O) groups excluding carboxylic acids is 1. The highest BCUT2D eigenvalue weighted by Gasteiger charge is 2.15. The van der Waals surface area contributed by atoms with E-state index in [1.54, 1.807) is 20.9 Å². The molecule has 0 saturated heterocycles. The van der Waals surface area contributed by atoms with Crippen molar-refractivity contribution in [3.05, 3.63) is 5.32 Å². The summed E-state index contributed by atoms with van der Waals surface area (Å²) < 4.78 is 4.47. The van der Waals surface area contributed by atoms with E-state index in [1.165, 1.54) is 7.11 Å². The molecule has 0 spiro atoms. The lowest BCUT2D eigenvalue weighted by molar-refractivity contribution is -0.144. The molecule has 0 fully saturated rings. The van der Waals surface area contributed by atoms with Crippen LogP contribution in [0, 0.1) is 0 Å². The molecule has 54 valence electrons. The van der Waals surface area contributed by atoms with Crippen LogP contribution in [0.3, 0.4) is 0 Å². The minimum atomic E-state index is -0.686. The smallest absolute Gasteiger partial charge is 0.290 e. The molecule has 0 rings (SSSR count). The molecule has 3 heteroatoms. The van der Waals surface area contributed by atoms with Crippen LogP contribution in [0.4, 0.5) is 0 Å². The van der Waals surface area contributed by atoms with Gasteiger partial charge >= 0.3 is 0 Å². The van der Waals surface area contributed by atoms with Gasteiger partial charge in [-0.1, -0.05) is 13.8 Å². The van der Waals surface area contributed by atoms with E-state index < -0.39 is 5.54 Å². The van der Waals surface area contributed by atoms with Crippen LogP contribution in [-0.4, -0.2) is 25.7 Å². The molecule has 0 aliphatic heterocycles. The zero-order chi connectivity index (χ0) is 7.49. The Morgan fingerprint density at radius 3 is 2.11 bits per heavy atom. The minimum Gasteiger partial charge on any atom is -0.651 e. The predicted octanol–water partition coefficient (Wildman–Crippen LogP) is 0.942. The summed E-state index contributed by atoms with van der Waals surface area (Å²) in [6, 6.07) is 0. The molecule has 0 aromatic carbocycles. The largest absolute Gasteiger partial charge is 0.651 e. The number of rotatable bonds is 2. The lowest BCUT2D eigenvalue weighted by Gasteiger charge is -2.33. The average molecular weight is 130 g/mol. The monoisotopic (exact) mass is 130 g/mol. The van der Waals surface area contributed by atoms with E-state index in [1.807, 2.05) is 0 Å². The molecule has 3 nitrogen and oxygen atoms in total. The maximum atomic E-state index is 10.7. The van der Waals surface area contributed by atoms with Gasteiger partial charge in [0.15, 0.2) is 0 Å². The van der Waals surface area contributed by atoms with Gasteiger partial charge in [-0.3, -0.25) is 4.79 Å². The molecule has 0 bridgehead atoms. The summed E-state index contributed by atoms with van der Waals surface area (Å²) >= 11 is 0. The Bertz CT molecular complexity index is 110. The third kappa shape index (κ3) is 2.01. The van der Waals surface area contributed by atoms with Crippen molar-refractivity contribution in [3.8, 4) is 0 Å². The molecule has 0 N–H and O–H groups in total. The van der Waals surface area contributed by atoms with E-state index in [4.69, 9.17) is 0 Å². The number of likely N-dealkylation sites (N-methyl/N-ethyl adjacent to an activating group) is 1. The summed E-state index contributed by atoms with van der Waals surface area (Å²) in [6.07, 6.45) is 0. The summed E-state index contributed by atoms with van der Waals surface area (Å²) in [5, 5.41) is 3.82. The topological polar surface area (TPSA) is 40.4 Å². The lowest BCUT2D eigenvalue weighted by atomic mass is 10.1. The second-order valence-corrected chi connectivity index (χ2v) is 2.27. The maximum Gasteiger partial charge on any atom is 0.290 e. The number of ether oxygens (including phenoxy) is 1. The molecule has 0 heterocycles. The number of carbonyl (C=O) groups is 1. The van der Waals surface area contributed by atoms with Crippen LogP contribution in [0.25, 0.3) is 5.32 Å². The van der Waals surface area contributed by atoms with Crippen molar-refractivity contribution in [3.63, 3.8) is 0 Å². The fraction of sp³-hybridized carbons (Fsp3) is 0.833. The van der Waals surface area contributed by atoms with Gasteiger partial charge in [0.2, 0.25) is 0 Å². The first-order valence-corrected chi connectivity index (χ1v) is 2.74. The average Bonchev–Trinajstić information content (AvgIpc) is 1.86. The van der Waals surface area contributed by atoms with Crippen molar-refractivity contribution in [2.24, 2.45) is 0 Å². The molecule has 0 aromatic rings. The van der Waals surface area contributed by atoms with Crippen LogP contribution in [-0.2, 0) is 9.53 Å². The van der Waals surface area contributed by atoms with Crippen LogP contribution in [0.5, 0.6) is 0 Å². The Balaban J connectivity index is 3.97. The number of hydrogen-bond donors (Lipinski definition) is 0. The van der Waals surface area contributed by atoms with Gasteiger partial charge in [0.05, 0.1) is 7.11 Å². The highest BCUT2D eigenvalue weighted by Crippen LogP contribution is 2.13. The lowest BCUT2D eigenvalue weighted by Crippen LogP contribution is -2.31. The van der Waals surface area contributed by atoms with Crippen molar-refractivity contribution >= 4 is 5.97 Å². The van der Waals surface area contributed by atoms with E-state index in [2.05, 4.69) is 10.1 Å². The van der Waals surface area contributed by atoms with E-state index >= 15 is 0 Å². The summed E-state index contributed by atoms with van der Waals surface area (Å²) in [4.78, 5) is 10.7. The van der Waals surface area contributed by atoms with Gasteiger partial charge in [-0.25, -0.2) is 0 Å². The highest BCUT2D eigenvalue weighted by atomic mass is 16.5. The molecule has 0 aliphatic rings. The third-order valence-corrected chi connectivity index (χ3v) is 1.24. The number of esters is 1. The summed E-state index contributed by atoms with van der Waals surface area (Å²) in [5.41, 5.74) is -0.686. The number of hydrogen-bond acceptors (Lipinski definition) is 2. The first-order valence-electron chi connectivity index (χ1n) is 2.74. The maximum absolute atomic E-state index is 10.7. The van der Waals surface area contributed by atoms with Gasteiger partial charge < -0.3 is 10.1 Å². The standard InChI is InChI=1S/C6H12NO2/c1-6(2,7-3)5(8)9-4/h1-4H3/q-1. The van der Waals surface area contributed by atoms with E-state index in [-0.39, 0.29) is 5.97 Å². The van der Waals surface area contributed by atoms with Gasteiger partial charge in [-0.05, 0) is 5.54 Å². The van der Waals surface area contributed by atoms with Crippen LogP contribution in [0.15, 0.2) is 0 Å². The Morgan fingerprint density at radius 1 is 1.56 bits per heavy atom. The molecule has 0 aromatic heterocycles. The SMILES string of the molecule is C[N-]C(C)(C)C(=O)OC. The van der Waals surface area contributed by atoms with Crippen LogP contribution in [0.2, 0.25) is 0 Å². The van der Waals surface area contributed by atoms with E-state index in [0.29, 0.717) is 0 Å². The normalized spacial score (nSPS) is 11.1. The Kier molecular flexibility index (Phi) is 2.65. The molecular weight excluding hydrogens is 118 g/mol. The van der Waals surface area contributed by atoms with Gasteiger partial charge in [-0.2, -0.15) is 7.05 Å². The molecular formula is C6H12NO2-. The van der Waals surface area contributed by atoms with Crippen molar-refractivity contribution < 1.29 is 9.53 Å². The highest BCUT2D eigenvalue weighted by molar-refractivity contribution is 5.82. The molecule has 0 aliphatic carbocycles. The van der Waals surface area contributed by atoms with Crippen molar-refractivity contribution in [1.29, 1.82) is 0 Å². The Labute approximate surface area is 55.4 Å². The fourth-order valence-electron chi connectivity index (χ4n) is 0.341.